The largest absolute Gasteiger partial charge is 0.481 e. The first-order valence-electron chi connectivity index (χ1n) is 10.5. The van der Waals surface area contributed by atoms with Crippen LogP contribution in [0, 0.1) is 11.8 Å². The summed E-state index contributed by atoms with van der Waals surface area (Å²) in [6, 6.07) is 10.1. The van der Waals surface area contributed by atoms with Gasteiger partial charge in [-0.25, -0.2) is 0 Å². The molecule has 1 aromatic carbocycles. The molecule has 0 aliphatic carbocycles. The Morgan fingerprint density at radius 1 is 1.21 bits per heavy atom. The number of carboxylic acids is 1. The van der Waals surface area contributed by atoms with Gasteiger partial charge < -0.3 is 14.9 Å². The van der Waals surface area contributed by atoms with Gasteiger partial charge in [-0.3, -0.25) is 4.79 Å². The monoisotopic (exact) mass is 384 g/mol. The smallest absolute Gasteiger partial charge is 0.303 e. The lowest BCUT2D eigenvalue weighted by Gasteiger charge is -2.25. The van der Waals surface area contributed by atoms with Crippen LogP contribution in [0.15, 0.2) is 54.6 Å². The van der Waals surface area contributed by atoms with Crippen molar-refractivity contribution >= 4 is 5.97 Å². The van der Waals surface area contributed by atoms with Gasteiger partial charge in [0.15, 0.2) is 0 Å². The second-order valence-corrected chi connectivity index (χ2v) is 8.10. The lowest BCUT2D eigenvalue weighted by molar-refractivity contribution is -0.137. The third kappa shape index (κ3) is 5.33. The maximum absolute atomic E-state index is 10.6. The van der Waals surface area contributed by atoms with E-state index in [4.69, 9.17) is 9.84 Å². The Balaban J connectivity index is 1.54. The van der Waals surface area contributed by atoms with Gasteiger partial charge in [0, 0.05) is 18.3 Å². The molecule has 2 saturated heterocycles. The Kier molecular flexibility index (Phi) is 7.46. The standard InChI is InChI=1S/C24H32O4/c1-17(18-9-5-4-6-10-18)21(25)14-13-20-19(22-15-16-23(20)28-22)11-7-2-3-8-12-24(26)27/h2,4-7,9-10,13-14,17,19-23,25H,3,8,11-12,15-16H2,1H3,(H,26,27)/b7-2+,14-13+. The van der Waals surface area contributed by atoms with Crippen LogP contribution in [0.5, 0.6) is 0 Å². The summed E-state index contributed by atoms with van der Waals surface area (Å²) in [6.45, 7) is 2.05. The van der Waals surface area contributed by atoms with Crippen LogP contribution in [-0.4, -0.2) is 34.5 Å². The highest BCUT2D eigenvalue weighted by atomic mass is 16.5. The molecule has 4 heteroatoms. The normalized spacial score (nSPS) is 28.9. The Hall–Kier alpha value is -1.91. The molecule has 2 bridgehead atoms. The highest BCUT2D eigenvalue weighted by Crippen LogP contribution is 2.46. The van der Waals surface area contributed by atoms with E-state index in [-0.39, 0.29) is 18.4 Å². The van der Waals surface area contributed by atoms with Crippen LogP contribution in [-0.2, 0) is 9.53 Å². The summed E-state index contributed by atoms with van der Waals surface area (Å²) in [5, 5.41) is 19.3. The van der Waals surface area contributed by atoms with E-state index in [1.54, 1.807) is 0 Å². The number of aliphatic carboxylic acids is 1. The number of carboxylic acid groups (broad SMARTS) is 1. The van der Waals surface area contributed by atoms with Crippen LogP contribution in [0.4, 0.5) is 0 Å². The number of hydrogen-bond acceptors (Lipinski definition) is 3. The fourth-order valence-electron chi connectivity index (χ4n) is 4.49. The summed E-state index contributed by atoms with van der Waals surface area (Å²) in [4.78, 5) is 10.6. The number of hydrogen-bond donors (Lipinski definition) is 2. The molecule has 3 rings (SSSR count). The van der Waals surface area contributed by atoms with Crippen LogP contribution >= 0.6 is 0 Å². The summed E-state index contributed by atoms with van der Waals surface area (Å²) >= 11 is 0. The van der Waals surface area contributed by atoms with E-state index < -0.39 is 12.1 Å². The molecule has 0 spiro atoms. The highest BCUT2D eigenvalue weighted by molar-refractivity contribution is 5.66. The zero-order chi connectivity index (χ0) is 19.9. The molecule has 0 amide bonds. The fourth-order valence-corrected chi connectivity index (χ4v) is 4.49. The minimum Gasteiger partial charge on any atom is -0.481 e. The van der Waals surface area contributed by atoms with Crippen LogP contribution in [0.3, 0.4) is 0 Å². The molecule has 28 heavy (non-hydrogen) atoms. The molecular weight excluding hydrogens is 352 g/mol. The average molecular weight is 385 g/mol. The van der Waals surface area contributed by atoms with Crippen molar-refractivity contribution in [3.8, 4) is 0 Å². The fraction of sp³-hybridized carbons (Fsp3) is 0.542. The van der Waals surface area contributed by atoms with Gasteiger partial charge in [0.25, 0.3) is 0 Å². The molecule has 2 aliphatic heterocycles. The molecule has 1 aromatic rings. The highest BCUT2D eigenvalue weighted by Gasteiger charge is 2.46. The molecule has 6 unspecified atom stereocenters. The van der Waals surface area contributed by atoms with Gasteiger partial charge in [0.2, 0.25) is 0 Å². The van der Waals surface area contributed by atoms with Crippen LogP contribution in [0.1, 0.15) is 56.9 Å². The number of carbonyl (C=O) groups is 1. The molecule has 152 valence electrons. The number of allylic oxidation sites excluding steroid dienone is 2. The number of aliphatic hydroxyl groups is 1. The second-order valence-electron chi connectivity index (χ2n) is 8.10. The van der Waals surface area contributed by atoms with Gasteiger partial charge in [-0.2, -0.15) is 0 Å². The van der Waals surface area contributed by atoms with Gasteiger partial charge in [0.05, 0.1) is 18.3 Å². The lowest BCUT2D eigenvalue weighted by Crippen LogP contribution is -2.26. The third-order valence-electron chi connectivity index (χ3n) is 6.19. The number of aliphatic hydroxyl groups excluding tert-OH is 1. The number of benzene rings is 1. The van der Waals surface area contributed by atoms with Crippen LogP contribution < -0.4 is 0 Å². The molecule has 2 aliphatic rings. The Morgan fingerprint density at radius 2 is 1.96 bits per heavy atom. The number of unbranched alkanes of at least 4 members (excludes halogenated alkanes) is 1. The summed E-state index contributed by atoms with van der Waals surface area (Å²) < 4.78 is 6.14. The molecule has 4 nitrogen and oxygen atoms in total. The lowest BCUT2D eigenvalue weighted by atomic mass is 9.77. The van der Waals surface area contributed by atoms with Gasteiger partial charge in [-0.15, -0.1) is 0 Å². The van der Waals surface area contributed by atoms with Crippen molar-refractivity contribution in [2.45, 2.75) is 69.7 Å². The van der Waals surface area contributed by atoms with Crippen molar-refractivity contribution in [1.82, 2.24) is 0 Å². The van der Waals surface area contributed by atoms with Crippen molar-refractivity contribution < 1.29 is 19.7 Å². The van der Waals surface area contributed by atoms with E-state index in [0.29, 0.717) is 24.4 Å². The Bertz CT molecular complexity index is 681. The van der Waals surface area contributed by atoms with Crippen molar-refractivity contribution in [2.75, 3.05) is 0 Å². The summed E-state index contributed by atoms with van der Waals surface area (Å²) in [7, 11) is 0. The molecule has 2 N–H and O–H groups in total. The molecule has 2 heterocycles. The predicted molar refractivity (Wildman–Crippen MR) is 110 cm³/mol. The maximum atomic E-state index is 10.6. The number of fused-ring (bicyclic) bond motifs is 2. The zero-order valence-electron chi connectivity index (χ0n) is 16.6. The second kappa shape index (κ2) is 10.0. The van der Waals surface area contributed by atoms with E-state index >= 15 is 0 Å². The molecule has 0 saturated carbocycles. The van der Waals surface area contributed by atoms with Crippen molar-refractivity contribution in [2.24, 2.45) is 11.8 Å². The van der Waals surface area contributed by atoms with Crippen LogP contribution in [0.2, 0.25) is 0 Å². The first-order valence-corrected chi connectivity index (χ1v) is 10.5. The van der Waals surface area contributed by atoms with Gasteiger partial charge in [-0.05, 0) is 43.6 Å². The summed E-state index contributed by atoms with van der Waals surface area (Å²) in [5.41, 5.74) is 1.14. The maximum Gasteiger partial charge on any atom is 0.303 e. The van der Waals surface area contributed by atoms with E-state index in [2.05, 4.69) is 37.3 Å². The van der Waals surface area contributed by atoms with Gasteiger partial charge >= 0.3 is 5.97 Å². The van der Waals surface area contributed by atoms with E-state index in [1.165, 1.54) is 0 Å². The summed E-state index contributed by atoms with van der Waals surface area (Å²) in [6.07, 6.45) is 13.4. The zero-order valence-corrected chi connectivity index (χ0v) is 16.6. The molecule has 0 aromatic heterocycles. The average Bonchev–Trinajstić information content (AvgIpc) is 3.30. The van der Waals surface area contributed by atoms with E-state index in [9.17, 15) is 9.90 Å². The molecule has 2 fully saturated rings. The van der Waals surface area contributed by atoms with E-state index in [1.807, 2.05) is 24.3 Å². The van der Waals surface area contributed by atoms with E-state index in [0.717, 1.165) is 31.2 Å². The molecular formula is C24H32O4. The van der Waals surface area contributed by atoms with Crippen molar-refractivity contribution in [3.63, 3.8) is 0 Å². The van der Waals surface area contributed by atoms with Gasteiger partial charge in [0.1, 0.15) is 0 Å². The topological polar surface area (TPSA) is 66.8 Å². The third-order valence-corrected chi connectivity index (χ3v) is 6.19. The molecule has 0 radical (unpaired) electrons. The Morgan fingerprint density at radius 3 is 2.71 bits per heavy atom. The predicted octanol–water partition coefficient (Wildman–Crippen LogP) is 4.70. The van der Waals surface area contributed by atoms with Crippen molar-refractivity contribution in [3.05, 3.63) is 60.2 Å². The minimum absolute atomic E-state index is 0.0598. The summed E-state index contributed by atoms with van der Waals surface area (Å²) in [5.74, 6) is 0.123. The van der Waals surface area contributed by atoms with Crippen molar-refractivity contribution in [1.29, 1.82) is 0 Å². The van der Waals surface area contributed by atoms with Crippen LogP contribution in [0.25, 0.3) is 0 Å². The van der Waals surface area contributed by atoms with Gasteiger partial charge in [-0.1, -0.05) is 61.6 Å². The number of rotatable bonds is 10. The molecule has 6 atom stereocenters. The SMILES string of the molecule is CC(c1ccccc1)C(O)/C=C/C1C2CCC(O2)C1C/C=C/CCCC(=O)O. The number of ether oxygens (including phenoxy) is 1. The Labute approximate surface area is 167 Å². The quantitative estimate of drug-likeness (QED) is 0.453. The first kappa shape index (κ1) is 20.8. The minimum atomic E-state index is -0.733. The first-order chi connectivity index (χ1) is 13.6.